The third-order valence-corrected chi connectivity index (χ3v) is 3.26. The summed E-state index contributed by atoms with van der Waals surface area (Å²) in [5, 5.41) is 4.44. The van der Waals surface area contributed by atoms with Crippen LogP contribution >= 0.6 is 0 Å². The average molecular weight is 259 g/mol. The molecule has 0 aliphatic rings. The molecule has 0 aliphatic carbocycles. The van der Waals surface area contributed by atoms with Crippen LogP contribution in [-0.2, 0) is 19.9 Å². The van der Waals surface area contributed by atoms with Gasteiger partial charge in [0.05, 0.1) is 12.8 Å². The van der Waals surface area contributed by atoms with Crippen molar-refractivity contribution in [1.82, 2.24) is 9.78 Å². The summed E-state index contributed by atoms with van der Waals surface area (Å²) in [5.74, 6) is 0.867. The highest BCUT2D eigenvalue weighted by molar-refractivity contribution is 5.31. The Labute approximate surface area is 114 Å². The van der Waals surface area contributed by atoms with Gasteiger partial charge in [0.1, 0.15) is 5.75 Å². The summed E-state index contributed by atoms with van der Waals surface area (Å²) in [6, 6.07) is 8.00. The van der Waals surface area contributed by atoms with Crippen molar-refractivity contribution in [3.05, 3.63) is 47.3 Å². The summed E-state index contributed by atoms with van der Waals surface area (Å²) in [4.78, 5) is 0. The summed E-state index contributed by atoms with van der Waals surface area (Å²) < 4.78 is 7.07. The Morgan fingerprint density at radius 3 is 2.89 bits per heavy atom. The van der Waals surface area contributed by atoms with Gasteiger partial charge < -0.3 is 10.5 Å². The maximum Gasteiger partial charge on any atom is 0.119 e. The maximum atomic E-state index is 6.31. The van der Waals surface area contributed by atoms with Crippen LogP contribution in [0.2, 0.25) is 0 Å². The van der Waals surface area contributed by atoms with Crippen LogP contribution in [0.4, 0.5) is 0 Å². The van der Waals surface area contributed by atoms with Gasteiger partial charge in [0, 0.05) is 24.8 Å². The van der Waals surface area contributed by atoms with Crippen molar-refractivity contribution in [2.24, 2.45) is 12.8 Å². The highest BCUT2D eigenvalue weighted by Gasteiger charge is 2.14. The number of hydrogen-bond donors (Lipinski definition) is 1. The second-order valence-electron chi connectivity index (χ2n) is 4.72. The molecule has 0 bridgehead atoms. The van der Waals surface area contributed by atoms with E-state index in [1.165, 1.54) is 5.56 Å². The lowest BCUT2D eigenvalue weighted by Crippen LogP contribution is -2.14. The fraction of sp³-hybridized carbons (Fsp3) is 0.400. The normalized spacial score (nSPS) is 12.4. The molecule has 0 saturated carbocycles. The van der Waals surface area contributed by atoms with Gasteiger partial charge in [0.25, 0.3) is 0 Å². The molecule has 1 aromatic carbocycles. The van der Waals surface area contributed by atoms with E-state index in [1.54, 1.807) is 7.11 Å². The van der Waals surface area contributed by atoms with E-state index in [9.17, 15) is 0 Å². The van der Waals surface area contributed by atoms with Crippen LogP contribution in [0.15, 0.2) is 30.5 Å². The fourth-order valence-electron chi connectivity index (χ4n) is 2.30. The third-order valence-electron chi connectivity index (χ3n) is 3.26. The first-order valence-corrected chi connectivity index (χ1v) is 6.55. The molecule has 2 aromatic rings. The molecule has 1 atom stereocenters. The van der Waals surface area contributed by atoms with Gasteiger partial charge in [-0.2, -0.15) is 5.10 Å². The van der Waals surface area contributed by atoms with Crippen LogP contribution in [0.5, 0.6) is 5.75 Å². The van der Waals surface area contributed by atoms with Crippen LogP contribution in [0.25, 0.3) is 0 Å². The van der Waals surface area contributed by atoms with E-state index < -0.39 is 0 Å². The lowest BCUT2D eigenvalue weighted by Gasteiger charge is -2.12. The van der Waals surface area contributed by atoms with Gasteiger partial charge in [-0.05, 0) is 30.5 Å². The monoisotopic (exact) mass is 259 g/mol. The highest BCUT2D eigenvalue weighted by Crippen LogP contribution is 2.21. The van der Waals surface area contributed by atoms with Crippen molar-refractivity contribution in [2.45, 2.75) is 25.8 Å². The van der Waals surface area contributed by atoms with E-state index in [0.29, 0.717) is 0 Å². The van der Waals surface area contributed by atoms with E-state index in [4.69, 9.17) is 10.5 Å². The minimum atomic E-state index is -0.0317. The number of nitrogens with two attached hydrogens (primary N) is 1. The number of methoxy groups -OCH3 is 1. The lowest BCUT2D eigenvalue weighted by molar-refractivity contribution is 0.414. The number of aromatic nitrogens is 2. The molecule has 0 amide bonds. The predicted octanol–water partition coefficient (Wildman–Crippen LogP) is 2.23. The lowest BCUT2D eigenvalue weighted by atomic mass is 9.99. The predicted molar refractivity (Wildman–Crippen MR) is 76.2 cm³/mol. The summed E-state index contributed by atoms with van der Waals surface area (Å²) in [6.07, 6.45) is 3.71. The average Bonchev–Trinajstić information content (AvgIpc) is 2.80. The minimum Gasteiger partial charge on any atom is -0.497 e. The molecule has 2 N–H and O–H groups in total. The summed E-state index contributed by atoms with van der Waals surface area (Å²) >= 11 is 0. The van der Waals surface area contributed by atoms with Gasteiger partial charge in [0.2, 0.25) is 0 Å². The van der Waals surface area contributed by atoms with Crippen molar-refractivity contribution in [1.29, 1.82) is 0 Å². The summed E-state index contributed by atoms with van der Waals surface area (Å²) in [5.41, 5.74) is 9.71. The molecule has 2 rings (SSSR count). The molecule has 0 aliphatic heterocycles. The molecule has 4 heteroatoms. The summed E-state index contributed by atoms with van der Waals surface area (Å²) in [6.45, 7) is 2.10. The Bertz CT molecular complexity index is 548. The maximum absolute atomic E-state index is 6.31. The molecule has 1 aromatic heterocycles. The second-order valence-corrected chi connectivity index (χ2v) is 4.72. The summed E-state index contributed by atoms with van der Waals surface area (Å²) in [7, 11) is 3.61. The van der Waals surface area contributed by atoms with Crippen molar-refractivity contribution < 1.29 is 4.74 Å². The largest absolute Gasteiger partial charge is 0.497 e. The zero-order chi connectivity index (χ0) is 13.8. The van der Waals surface area contributed by atoms with Gasteiger partial charge >= 0.3 is 0 Å². The van der Waals surface area contributed by atoms with E-state index in [-0.39, 0.29) is 6.04 Å². The first kappa shape index (κ1) is 13.6. The Hall–Kier alpha value is -1.81. The molecule has 0 radical (unpaired) electrons. The van der Waals surface area contributed by atoms with Crippen LogP contribution in [0.1, 0.15) is 29.8 Å². The Balaban J connectivity index is 2.17. The SMILES string of the molecule is CCc1nn(C)cc1C(N)Cc1cccc(OC)c1. The zero-order valence-electron chi connectivity index (χ0n) is 11.8. The van der Waals surface area contributed by atoms with E-state index in [0.717, 1.165) is 29.8 Å². The smallest absolute Gasteiger partial charge is 0.119 e. The topological polar surface area (TPSA) is 53.1 Å². The molecule has 0 saturated heterocycles. The first-order valence-electron chi connectivity index (χ1n) is 6.55. The van der Waals surface area contributed by atoms with E-state index in [1.807, 2.05) is 36.1 Å². The minimum absolute atomic E-state index is 0.0317. The Morgan fingerprint density at radius 1 is 1.42 bits per heavy atom. The molecule has 0 fully saturated rings. The van der Waals surface area contributed by atoms with Gasteiger partial charge in [-0.15, -0.1) is 0 Å². The third kappa shape index (κ3) is 3.15. The van der Waals surface area contributed by atoms with E-state index in [2.05, 4.69) is 18.1 Å². The number of nitrogens with zero attached hydrogens (tertiary/aromatic N) is 2. The molecule has 19 heavy (non-hydrogen) atoms. The van der Waals surface area contributed by atoms with Gasteiger partial charge in [-0.3, -0.25) is 4.68 Å². The van der Waals surface area contributed by atoms with Crippen molar-refractivity contribution in [2.75, 3.05) is 7.11 Å². The van der Waals surface area contributed by atoms with Gasteiger partial charge in [-0.25, -0.2) is 0 Å². The molecule has 0 spiro atoms. The molecule has 1 heterocycles. The zero-order valence-corrected chi connectivity index (χ0v) is 11.8. The van der Waals surface area contributed by atoms with Crippen LogP contribution < -0.4 is 10.5 Å². The van der Waals surface area contributed by atoms with Crippen LogP contribution in [0, 0.1) is 0 Å². The van der Waals surface area contributed by atoms with Crippen molar-refractivity contribution >= 4 is 0 Å². The fourth-order valence-corrected chi connectivity index (χ4v) is 2.30. The number of ether oxygens (including phenoxy) is 1. The Kier molecular flexibility index (Phi) is 4.22. The highest BCUT2D eigenvalue weighted by atomic mass is 16.5. The Morgan fingerprint density at radius 2 is 2.21 bits per heavy atom. The van der Waals surface area contributed by atoms with Gasteiger partial charge in [0.15, 0.2) is 0 Å². The standard InChI is InChI=1S/C15H21N3O/c1-4-15-13(10-18(2)17-15)14(16)9-11-6-5-7-12(8-11)19-3/h5-8,10,14H,4,9,16H2,1-3H3. The molecular formula is C15H21N3O. The van der Waals surface area contributed by atoms with Crippen LogP contribution in [-0.4, -0.2) is 16.9 Å². The van der Waals surface area contributed by atoms with Crippen molar-refractivity contribution in [3.8, 4) is 5.75 Å². The van der Waals surface area contributed by atoms with Crippen molar-refractivity contribution in [3.63, 3.8) is 0 Å². The first-order chi connectivity index (χ1) is 9.13. The number of hydrogen-bond acceptors (Lipinski definition) is 3. The van der Waals surface area contributed by atoms with Gasteiger partial charge in [-0.1, -0.05) is 19.1 Å². The number of rotatable bonds is 5. The second kappa shape index (κ2) is 5.89. The van der Waals surface area contributed by atoms with E-state index >= 15 is 0 Å². The molecular weight excluding hydrogens is 238 g/mol. The quantitative estimate of drug-likeness (QED) is 0.896. The molecule has 102 valence electrons. The van der Waals surface area contributed by atoms with Crippen LogP contribution in [0.3, 0.4) is 0 Å². The molecule has 1 unspecified atom stereocenters. The molecule has 4 nitrogen and oxygen atoms in total. The number of benzene rings is 1. The number of aryl methyl sites for hydroxylation is 2.